The van der Waals surface area contributed by atoms with Crippen molar-refractivity contribution in [3.8, 4) is 0 Å². The quantitative estimate of drug-likeness (QED) is 0.434. The zero-order chi connectivity index (χ0) is 9.40. The molecular formula is C7H13O4S-. The van der Waals surface area contributed by atoms with E-state index in [1.807, 2.05) is 0 Å². The van der Waals surface area contributed by atoms with Crippen LogP contribution in [0.2, 0.25) is 0 Å². The van der Waals surface area contributed by atoms with Crippen LogP contribution >= 0.6 is 0 Å². The largest absolute Gasteiger partial charge is 0.772 e. The summed E-state index contributed by atoms with van der Waals surface area (Å²) in [6.45, 7) is 5.77. The van der Waals surface area contributed by atoms with Crippen LogP contribution in [0.5, 0.6) is 0 Å². The fourth-order valence-electron chi connectivity index (χ4n) is 0.569. The highest BCUT2D eigenvalue weighted by Gasteiger charge is 2.00. The summed E-state index contributed by atoms with van der Waals surface area (Å²) in [5.74, 6) is 0.0262. The molecule has 0 aliphatic heterocycles. The molecule has 0 N–H and O–H groups in total. The predicted molar refractivity (Wildman–Crippen MR) is 45.3 cm³/mol. The molecule has 0 radical (unpaired) electrons. The van der Waals surface area contributed by atoms with Gasteiger partial charge in [-0.2, -0.15) is 0 Å². The van der Waals surface area contributed by atoms with Gasteiger partial charge in [0.2, 0.25) is 0 Å². The van der Waals surface area contributed by atoms with Crippen LogP contribution < -0.4 is 0 Å². The van der Waals surface area contributed by atoms with E-state index in [1.54, 1.807) is 6.92 Å². The zero-order valence-corrected chi connectivity index (χ0v) is 7.84. The lowest BCUT2D eigenvalue weighted by Crippen LogP contribution is -2.17. The zero-order valence-electron chi connectivity index (χ0n) is 7.02. The van der Waals surface area contributed by atoms with Gasteiger partial charge in [0.1, 0.15) is 6.61 Å². The van der Waals surface area contributed by atoms with E-state index in [1.165, 1.54) is 6.26 Å². The molecule has 0 spiro atoms. The summed E-state index contributed by atoms with van der Waals surface area (Å²) in [7, 11) is 0. The van der Waals surface area contributed by atoms with Gasteiger partial charge in [0.15, 0.2) is 0 Å². The van der Waals surface area contributed by atoms with E-state index in [2.05, 4.69) is 6.58 Å². The van der Waals surface area contributed by atoms with Gasteiger partial charge in [-0.25, -0.2) is 0 Å². The molecule has 0 aliphatic rings. The van der Waals surface area contributed by atoms with E-state index in [4.69, 9.17) is 9.47 Å². The highest BCUT2D eigenvalue weighted by molar-refractivity contribution is 7.79. The molecule has 0 aliphatic carbocycles. The molecule has 5 heteroatoms. The topological polar surface area (TPSA) is 58.6 Å². The lowest BCUT2D eigenvalue weighted by atomic mass is 10.4. The Hall–Kier alpha value is -0.390. The van der Waals surface area contributed by atoms with Gasteiger partial charge in [0, 0.05) is 5.75 Å². The predicted octanol–water partition coefficient (Wildman–Crippen LogP) is 0.431. The number of rotatable bonds is 7. The summed E-state index contributed by atoms with van der Waals surface area (Å²) < 4.78 is 30.1. The van der Waals surface area contributed by atoms with Gasteiger partial charge in [0.05, 0.1) is 19.0 Å². The average molecular weight is 193 g/mol. The van der Waals surface area contributed by atoms with Crippen LogP contribution in [0.15, 0.2) is 12.8 Å². The molecule has 0 heterocycles. The van der Waals surface area contributed by atoms with Gasteiger partial charge in [-0.15, -0.1) is 0 Å². The van der Waals surface area contributed by atoms with E-state index in [0.29, 0.717) is 6.61 Å². The van der Waals surface area contributed by atoms with Crippen LogP contribution in [-0.2, 0) is 20.6 Å². The second-order valence-electron chi connectivity index (χ2n) is 2.19. The van der Waals surface area contributed by atoms with Gasteiger partial charge in [0.25, 0.3) is 0 Å². The molecule has 12 heavy (non-hydrogen) atoms. The first-order chi connectivity index (χ1) is 5.66. The normalized spacial score (nSPS) is 15.2. The maximum atomic E-state index is 10.1. The number of hydrogen-bond donors (Lipinski definition) is 0. The second kappa shape index (κ2) is 7.27. The first kappa shape index (κ1) is 11.6. The van der Waals surface area contributed by atoms with E-state index in [0.717, 1.165) is 0 Å². The van der Waals surface area contributed by atoms with Gasteiger partial charge >= 0.3 is 0 Å². The molecule has 0 fully saturated rings. The highest BCUT2D eigenvalue weighted by atomic mass is 32.2. The van der Waals surface area contributed by atoms with Crippen molar-refractivity contribution in [2.75, 3.05) is 19.0 Å². The van der Waals surface area contributed by atoms with Crippen molar-refractivity contribution in [2.45, 2.75) is 13.0 Å². The van der Waals surface area contributed by atoms with Crippen molar-refractivity contribution in [3.63, 3.8) is 0 Å². The Bertz CT molecular complexity index is 148. The maximum absolute atomic E-state index is 10.1. The molecule has 4 nitrogen and oxygen atoms in total. The Kier molecular flexibility index (Phi) is 7.03. The first-order valence-electron chi connectivity index (χ1n) is 3.56. The minimum Gasteiger partial charge on any atom is -0.772 e. The molecule has 0 aromatic heterocycles. The van der Waals surface area contributed by atoms with Crippen molar-refractivity contribution >= 4 is 11.1 Å². The van der Waals surface area contributed by atoms with Crippen LogP contribution in [0.3, 0.4) is 0 Å². The van der Waals surface area contributed by atoms with Crippen molar-refractivity contribution in [3.05, 3.63) is 12.8 Å². The molecular weight excluding hydrogens is 180 g/mol. The summed E-state index contributed by atoms with van der Waals surface area (Å²) in [4.78, 5) is 0. The smallest absolute Gasteiger partial charge is 0.113 e. The van der Waals surface area contributed by atoms with Crippen LogP contribution in [0.1, 0.15) is 6.92 Å². The van der Waals surface area contributed by atoms with E-state index in [9.17, 15) is 8.76 Å². The lowest BCUT2D eigenvalue weighted by Gasteiger charge is -2.12. The van der Waals surface area contributed by atoms with Gasteiger partial charge in [-0.1, -0.05) is 17.7 Å². The summed E-state index contributed by atoms with van der Waals surface area (Å²) in [6.07, 6.45) is 1.22. The monoisotopic (exact) mass is 193 g/mol. The van der Waals surface area contributed by atoms with E-state index >= 15 is 0 Å². The highest BCUT2D eigenvalue weighted by Crippen LogP contribution is 1.92. The number of ether oxygens (including phenoxy) is 2. The minimum absolute atomic E-state index is 0.0262. The number of hydrogen-bond acceptors (Lipinski definition) is 4. The van der Waals surface area contributed by atoms with E-state index in [-0.39, 0.29) is 18.5 Å². The molecule has 72 valence electrons. The van der Waals surface area contributed by atoms with Crippen molar-refractivity contribution in [1.29, 1.82) is 0 Å². The summed E-state index contributed by atoms with van der Waals surface area (Å²) >= 11 is -2.02. The van der Waals surface area contributed by atoms with Crippen LogP contribution in [-0.4, -0.2) is 33.8 Å². The molecule has 0 aromatic rings. The summed E-state index contributed by atoms with van der Waals surface area (Å²) in [5.41, 5.74) is 0. The third kappa shape index (κ3) is 7.71. The molecule has 0 saturated heterocycles. The molecule has 2 unspecified atom stereocenters. The molecule has 0 amide bonds. The third-order valence-electron chi connectivity index (χ3n) is 1.10. The van der Waals surface area contributed by atoms with Crippen LogP contribution in [0, 0.1) is 0 Å². The molecule has 0 aromatic carbocycles. The Balaban J connectivity index is 3.24. The Morgan fingerprint density at radius 2 is 2.42 bits per heavy atom. The molecule has 0 bridgehead atoms. The molecule has 2 atom stereocenters. The fraction of sp³-hybridized carbons (Fsp3) is 0.714. The van der Waals surface area contributed by atoms with Crippen LogP contribution in [0.25, 0.3) is 0 Å². The molecule has 0 saturated carbocycles. The summed E-state index contributed by atoms with van der Waals surface area (Å²) in [5, 5.41) is 0. The van der Waals surface area contributed by atoms with Crippen molar-refractivity contribution in [2.24, 2.45) is 0 Å². The minimum atomic E-state index is -2.02. The fourth-order valence-corrected chi connectivity index (χ4v) is 0.801. The molecule has 0 rings (SSSR count). The first-order valence-corrected chi connectivity index (χ1v) is 4.81. The Morgan fingerprint density at radius 1 is 1.75 bits per heavy atom. The SMILES string of the molecule is C=COCC(C)OCCS(=O)[O-]. The van der Waals surface area contributed by atoms with Gasteiger partial charge in [-0.05, 0) is 6.92 Å². The van der Waals surface area contributed by atoms with Gasteiger partial charge in [-0.3, -0.25) is 4.21 Å². The average Bonchev–Trinajstić information content (AvgIpc) is 2.00. The van der Waals surface area contributed by atoms with Gasteiger partial charge < -0.3 is 14.0 Å². The standard InChI is InChI=1S/C7H14O4S/c1-3-10-6-7(2)11-4-5-12(8)9/h3,7H,1,4-6H2,2H3,(H,8,9)/p-1. The lowest BCUT2D eigenvalue weighted by molar-refractivity contribution is 0.0279. The third-order valence-corrected chi connectivity index (χ3v) is 1.60. The summed E-state index contributed by atoms with van der Waals surface area (Å²) in [6, 6.07) is 0. The second-order valence-corrected chi connectivity index (χ2v) is 3.21. The van der Waals surface area contributed by atoms with Crippen molar-refractivity contribution < 1.29 is 18.2 Å². The Morgan fingerprint density at radius 3 is 2.92 bits per heavy atom. The maximum Gasteiger partial charge on any atom is 0.113 e. The van der Waals surface area contributed by atoms with Crippen molar-refractivity contribution in [1.82, 2.24) is 0 Å². The van der Waals surface area contributed by atoms with E-state index < -0.39 is 11.1 Å². The Labute approximate surface area is 74.8 Å². The van der Waals surface area contributed by atoms with Crippen LogP contribution in [0.4, 0.5) is 0 Å².